The summed E-state index contributed by atoms with van der Waals surface area (Å²) >= 11 is 5.83. The van der Waals surface area contributed by atoms with Crippen molar-refractivity contribution in [3.63, 3.8) is 0 Å². The molecule has 0 saturated heterocycles. The van der Waals surface area contributed by atoms with Crippen LogP contribution >= 0.6 is 11.6 Å². The van der Waals surface area contributed by atoms with E-state index in [1.165, 1.54) is 18.0 Å². The maximum absolute atomic E-state index is 13.1. The molecule has 2 amide bonds. The number of nitrogens with zero attached hydrogens (tertiary/aromatic N) is 1. The number of benzene rings is 2. The molecule has 28 heavy (non-hydrogen) atoms. The van der Waals surface area contributed by atoms with Crippen molar-refractivity contribution in [1.29, 1.82) is 0 Å². The van der Waals surface area contributed by atoms with Gasteiger partial charge in [0, 0.05) is 7.05 Å². The minimum absolute atomic E-state index is 0.0373. The van der Waals surface area contributed by atoms with Crippen LogP contribution in [0.2, 0.25) is 5.02 Å². The molecule has 7 nitrogen and oxygen atoms in total. The van der Waals surface area contributed by atoms with Gasteiger partial charge in [-0.25, -0.2) is 9.18 Å². The summed E-state index contributed by atoms with van der Waals surface area (Å²) in [6, 6.07) is 9.94. The average molecular weight is 407 g/mol. The number of hydrogen-bond acceptors (Lipinski definition) is 5. The molecule has 9 heteroatoms. The minimum atomic E-state index is -0.897. The highest BCUT2D eigenvalue weighted by Crippen LogP contribution is 2.33. The minimum Gasteiger partial charge on any atom is -0.477 e. The van der Waals surface area contributed by atoms with Crippen molar-refractivity contribution in [3.8, 4) is 5.75 Å². The Morgan fingerprint density at radius 2 is 2.04 bits per heavy atom. The molecule has 0 radical (unpaired) electrons. The number of nitrogens with one attached hydrogen (secondary N) is 1. The highest BCUT2D eigenvalue weighted by atomic mass is 35.5. The van der Waals surface area contributed by atoms with Gasteiger partial charge in [0.2, 0.25) is 0 Å². The number of halogens is 2. The standard InChI is InChI=1S/C19H16ClFN2O5/c1-22-18(25)16-9-23(14-4-2-3-5-15(14)28-16)17(24)10-27-19(26)12-7-6-11(21)8-13(12)20/h2-8,16H,9-10H2,1H3,(H,22,25). The average Bonchev–Trinajstić information content (AvgIpc) is 2.70. The van der Waals surface area contributed by atoms with Gasteiger partial charge in [0.25, 0.3) is 11.8 Å². The molecule has 146 valence electrons. The molecule has 0 aliphatic carbocycles. The highest BCUT2D eigenvalue weighted by molar-refractivity contribution is 6.33. The van der Waals surface area contributed by atoms with Crippen LogP contribution in [0.25, 0.3) is 0 Å². The highest BCUT2D eigenvalue weighted by Gasteiger charge is 2.33. The van der Waals surface area contributed by atoms with Crippen molar-refractivity contribution in [2.24, 2.45) is 0 Å². The molecule has 1 unspecified atom stereocenters. The molecule has 1 aliphatic rings. The maximum Gasteiger partial charge on any atom is 0.340 e. The normalized spacial score (nSPS) is 15.2. The molecule has 0 spiro atoms. The van der Waals surface area contributed by atoms with E-state index in [9.17, 15) is 18.8 Å². The van der Waals surface area contributed by atoms with Gasteiger partial charge in [0.1, 0.15) is 11.6 Å². The Bertz CT molecular complexity index is 936. The quantitative estimate of drug-likeness (QED) is 0.787. The summed E-state index contributed by atoms with van der Waals surface area (Å²) in [7, 11) is 1.46. The number of carbonyl (C=O) groups excluding carboxylic acids is 3. The Kier molecular flexibility index (Phi) is 5.79. The van der Waals surface area contributed by atoms with E-state index in [4.69, 9.17) is 21.1 Å². The van der Waals surface area contributed by atoms with Crippen molar-refractivity contribution in [1.82, 2.24) is 5.32 Å². The van der Waals surface area contributed by atoms with Crippen LogP contribution in [0.4, 0.5) is 10.1 Å². The zero-order valence-corrected chi connectivity index (χ0v) is 15.5. The van der Waals surface area contributed by atoms with E-state index in [0.29, 0.717) is 11.4 Å². The van der Waals surface area contributed by atoms with Crippen LogP contribution in [0.1, 0.15) is 10.4 Å². The number of carbonyl (C=O) groups is 3. The summed E-state index contributed by atoms with van der Waals surface area (Å²) in [6.07, 6.45) is -0.897. The van der Waals surface area contributed by atoms with Gasteiger partial charge in [-0.1, -0.05) is 23.7 Å². The lowest BCUT2D eigenvalue weighted by Crippen LogP contribution is -2.51. The molecule has 2 aromatic carbocycles. The van der Waals surface area contributed by atoms with E-state index < -0.39 is 30.4 Å². The molecular weight excluding hydrogens is 391 g/mol. The fourth-order valence-corrected chi connectivity index (χ4v) is 2.95. The third kappa shape index (κ3) is 4.07. The summed E-state index contributed by atoms with van der Waals surface area (Å²) in [5.41, 5.74) is 0.407. The van der Waals surface area contributed by atoms with E-state index in [0.717, 1.165) is 12.1 Å². The van der Waals surface area contributed by atoms with Crippen LogP contribution in [0.15, 0.2) is 42.5 Å². The number of amides is 2. The molecule has 1 atom stereocenters. The first-order chi connectivity index (χ1) is 13.4. The van der Waals surface area contributed by atoms with Crippen LogP contribution in [0, 0.1) is 5.82 Å². The molecule has 1 heterocycles. The van der Waals surface area contributed by atoms with Gasteiger partial charge in [0.05, 0.1) is 22.8 Å². The maximum atomic E-state index is 13.1. The molecule has 1 N–H and O–H groups in total. The van der Waals surface area contributed by atoms with E-state index in [1.54, 1.807) is 24.3 Å². The third-order valence-corrected chi connectivity index (χ3v) is 4.40. The third-order valence-electron chi connectivity index (χ3n) is 4.09. The van der Waals surface area contributed by atoms with Crippen LogP contribution in [0.5, 0.6) is 5.75 Å². The van der Waals surface area contributed by atoms with Gasteiger partial charge < -0.3 is 19.7 Å². The Morgan fingerprint density at radius 3 is 2.75 bits per heavy atom. The Morgan fingerprint density at radius 1 is 1.29 bits per heavy atom. The number of esters is 1. The SMILES string of the molecule is CNC(=O)C1CN(C(=O)COC(=O)c2ccc(F)cc2Cl)c2ccccc2O1. The smallest absolute Gasteiger partial charge is 0.340 e. The number of para-hydroxylation sites is 2. The molecule has 3 rings (SSSR count). The molecule has 0 aromatic heterocycles. The number of likely N-dealkylation sites (N-methyl/N-ethyl adjacent to an activating group) is 1. The van der Waals surface area contributed by atoms with E-state index in [2.05, 4.69) is 5.32 Å². The molecule has 0 saturated carbocycles. The number of rotatable bonds is 4. The molecule has 0 fully saturated rings. The van der Waals surface area contributed by atoms with Crippen LogP contribution < -0.4 is 15.0 Å². The van der Waals surface area contributed by atoms with Crippen LogP contribution in [-0.2, 0) is 14.3 Å². The second-order valence-corrected chi connectivity index (χ2v) is 6.30. The molecular formula is C19H16ClFN2O5. The Balaban J connectivity index is 1.74. The van der Waals surface area contributed by atoms with Crippen LogP contribution in [0.3, 0.4) is 0 Å². The summed E-state index contributed by atoms with van der Waals surface area (Å²) in [6.45, 7) is -0.619. The first kappa shape index (κ1) is 19.6. The summed E-state index contributed by atoms with van der Waals surface area (Å²) in [4.78, 5) is 38.1. The van der Waals surface area contributed by atoms with Gasteiger partial charge in [0.15, 0.2) is 12.7 Å². The zero-order valence-electron chi connectivity index (χ0n) is 14.8. The Hall–Kier alpha value is -3.13. The lowest BCUT2D eigenvalue weighted by molar-refractivity contribution is -0.128. The first-order valence-electron chi connectivity index (χ1n) is 8.30. The monoisotopic (exact) mass is 406 g/mol. The lowest BCUT2D eigenvalue weighted by atomic mass is 10.1. The number of anilines is 1. The number of ether oxygens (including phenoxy) is 2. The predicted molar refractivity (Wildman–Crippen MR) is 99.0 cm³/mol. The summed E-state index contributed by atoms with van der Waals surface area (Å²) in [5, 5.41) is 2.36. The Labute approximate surface area is 165 Å². The van der Waals surface area contributed by atoms with Crippen molar-refractivity contribution in [3.05, 3.63) is 58.9 Å². The van der Waals surface area contributed by atoms with Gasteiger partial charge in [-0.05, 0) is 30.3 Å². The predicted octanol–water partition coefficient (Wildman–Crippen LogP) is 2.18. The number of fused-ring (bicyclic) bond motifs is 1. The van der Waals surface area contributed by atoms with Crippen molar-refractivity contribution in [2.75, 3.05) is 25.1 Å². The first-order valence-corrected chi connectivity index (χ1v) is 8.68. The van der Waals surface area contributed by atoms with Gasteiger partial charge in [-0.15, -0.1) is 0 Å². The second-order valence-electron chi connectivity index (χ2n) is 5.89. The molecule has 0 bridgehead atoms. The fraction of sp³-hybridized carbons (Fsp3) is 0.211. The van der Waals surface area contributed by atoms with Gasteiger partial charge in [-0.3, -0.25) is 9.59 Å². The summed E-state index contributed by atoms with van der Waals surface area (Å²) < 4.78 is 23.7. The van der Waals surface area contributed by atoms with Crippen molar-refractivity contribution in [2.45, 2.75) is 6.10 Å². The van der Waals surface area contributed by atoms with Crippen LogP contribution in [-0.4, -0.2) is 44.1 Å². The fourth-order valence-electron chi connectivity index (χ4n) is 2.71. The number of hydrogen-bond donors (Lipinski definition) is 1. The van der Waals surface area contributed by atoms with Crippen molar-refractivity contribution >= 4 is 35.1 Å². The lowest BCUT2D eigenvalue weighted by Gasteiger charge is -2.33. The van der Waals surface area contributed by atoms with E-state index in [1.807, 2.05) is 0 Å². The van der Waals surface area contributed by atoms with Gasteiger partial charge >= 0.3 is 5.97 Å². The van der Waals surface area contributed by atoms with Gasteiger partial charge in [-0.2, -0.15) is 0 Å². The summed E-state index contributed by atoms with van der Waals surface area (Å²) in [5.74, 6) is -2.02. The largest absolute Gasteiger partial charge is 0.477 e. The van der Waals surface area contributed by atoms with E-state index >= 15 is 0 Å². The van der Waals surface area contributed by atoms with E-state index in [-0.39, 0.29) is 23.0 Å². The molecule has 1 aliphatic heterocycles. The zero-order chi connectivity index (χ0) is 20.3. The van der Waals surface area contributed by atoms with Crippen molar-refractivity contribution < 1.29 is 28.2 Å². The molecule has 2 aromatic rings. The topological polar surface area (TPSA) is 84.9 Å². The second kappa shape index (κ2) is 8.26.